The van der Waals surface area contributed by atoms with Gasteiger partial charge < -0.3 is 20.2 Å². The third-order valence-electron chi connectivity index (χ3n) is 5.09. The van der Waals surface area contributed by atoms with Crippen molar-refractivity contribution in [3.8, 4) is 0 Å². The third kappa shape index (κ3) is 4.16. The number of nitrogens with zero attached hydrogens (tertiary/aromatic N) is 3. The van der Waals surface area contributed by atoms with Gasteiger partial charge in [0, 0.05) is 25.0 Å². The monoisotopic (exact) mass is 406 g/mol. The Labute approximate surface area is 175 Å². The molecule has 0 atom stereocenters. The van der Waals surface area contributed by atoms with Crippen LogP contribution in [0.1, 0.15) is 31.4 Å². The highest BCUT2D eigenvalue weighted by Gasteiger charge is 2.09. The lowest BCUT2D eigenvalue weighted by Gasteiger charge is -2.10. The Hall–Kier alpha value is -2.77. The van der Waals surface area contributed by atoms with Gasteiger partial charge in [0.1, 0.15) is 12.1 Å². The molecule has 29 heavy (non-hydrogen) atoms. The zero-order valence-electron chi connectivity index (χ0n) is 16.8. The Morgan fingerprint density at radius 1 is 1.03 bits per heavy atom. The minimum atomic E-state index is 0.707. The SMILES string of the molecule is CCCNCc1ccc(CNc2ncnc3cc4c(cc23)[nH]c(=S)n4CC)cc1. The van der Waals surface area contributed by atoms with E-state index < -0.39 is 0 Å². The Kier molecular flexibility index (Phi) is 5.87. The fourth-order valence-corrected chi connectivity index (χ4v) is 3.87. The number of nitrogens with one attached hydrogen (secondary N) is 3. The molecule has 0 aliphatic heterocycles. The summed E-state index contributed by atoms with van der Waals surface area (Å²) >= 11 is 5.43. The molecule has 2 aromatic carbocycles. The predicted octanol–water partition coefficient (Wildman–Crippen LogP) is 4.77. The number of aromatic nitrogens is 4. The molecule has 0 amide bonds. The van der Waals surface area contributed by atoms with Gasteiger partial charge in [-0.15, -0.1) is 0 Å². The topological polar surface area (TPSA) is 70.6 Å². The number of benzene rings is 2. The molecule has 0 spiro atoms. The fourth-order valence-electron chi connectivity index (χ4n) is 3.53. The van der Waals surface area contributed by atoms with Crippen LogP contribution in [-0.4, -0.2) is 26.1 Å². The molecule has 0 aliphatic carbocycles. The molecule has 2 aromatic heterocycles. The van der Waals surface area contributed by atoms with Gasteiger partial charge in [-0.05, 0) is 55.4 Å². The van der Waals surface area contributed by atoms with E-state index in [4.69, 9.17) is 12.2 Å². The highest BCUT2D eigenvalue weighted by atomic mass is 32.1. The molecule has 0 fully saturated rings. The minimum Gasteiger partial charge on any atom is -0.365 e. The van der Waals surface area contributed by atoms with Crippen molar-refractivity contribution < 1.29 is 0 Å². The number of hydrogen-bond donors (Lipinski definition) is 3. The standard InChI is InChI=1S/C22H26N6S/c1-3-9-23-12-15-5-7-16(8-6-15)13-24-21-17-10-19-20(11-18(17)25-14-26-21)28(4-2)22(29)27-19/h5-8,10-11,14,23H,3-4,9,12-13H2,1-2H3,(H,27,29)(H,24,25,26). The summed E-state index contributed by atoms with van der Waals surface area (Å²) in [6.07, 6.45) is 2.76. The van der Waals surface area contributed by atoms with Crippen molar-refractivity contribution in [1.82, 2.24) is 24.8 Å². The van der Waals surface area contributed by atoms with Crippen LogP contribution in [0.25, 0.3) is 21.9 Å². The van der Waals surface area contributed by atoms with Gasteiger partial charge in [0.05, 0.1) is 16.6 Å². The highest BCUT2D eigenvalue weighted by Crippen LogP contribution is 2.26. The van der Waals surface area contributed by atoms with Gasteiger partial charge in [-0.2, -0.15) is 0 Å². The van der Waals surface area contributed by atoms with Gasteiger partial charge in [-0.25, -0.2) is 9.97 Å². The van der Waals surface area contributed by atoms with Crippen molar-refractivity contribution in [2.75, 3.05) is 11.9 Å². The molecule has 150 valence electrons. The summed E-state index contributed by atoms with van der Waals surface area (Å²) in [6.45, 7) is 7.75. The first-order chi connectivity index (χ1) is 14.2. The van der Waals surface area contributed by atoms with Crippen molar-refractivity contribution in [1.29, 1.82) is 0 Å². The van der Waals surface area contributed by atoms with Crippen molar-refractivity contribution >= 4 is 40.0 Å². The number of aromatic amines is 1. The molecule has 2 heterocycles. The summed E-state index contributed by atoms with van der Waals surface area (Å²) < 4.78 is 2.81. The number of H-pyrrole nitrogens is 1. The Morgan fingerprint density at radius 3 is 2.52 bits per heavy atom. The summed E-state index contributed by atoms with van der Waals surface area (Å²) in [5.74, 6) is 0.828. The van der Waals surface area contributed by atoms with E-state index in [1.807, 2.05) is 0 Å². The molecule has 0 radical (unpaired) electrons. The van der Waals surface area contributed by atoms with E-state index in [-0.39, 0.29) is 0 Å². The lowest BCUT2D eigenvalue weighted by molar-refractivity contribution is 0.675. The molecule has 0 saturated carbocycles. The molecule has 0 unspecified atom stereocenters. The van der Waals surface area contributed by atoms with E-state index in [0.29, 0.717) is 6.54 Å². The number of fused-ring (bicyclic) bond motifs is 2. The van der Waals surface area contributed by atoms with E-state index >= 15 is 0 Å². The van der Waals surface area contributed by atoms with E-state index in [9.17, 15) is 0 Å². The highest BCUT2D eigenvalue weighted by molar-refractivity contribution is 7.71. The van der Waals surface area contributed by atoms with E-state index in [2.05, 4.69) is 80.4 Å². The van der Waals surface area contributed by atoms with Crippen molar-refractivity contribution in [2.24, 2.45) is 0 Å². The van der Waals surface area contributed by atoms with Gasteiger partial charge in [0.2, 0.25) is 0 Å². The maximum atomic E-state index is 5.43. The molecule has 3 N–H and O–H groups in total. The largest absolute Gasteiger partial charge is 0.365 e. The third-order valence-corrected chi connectivity index (χ3v) is 5.41. The van der Waals surface area contributed by atoms with Gasteiger partial charge in [0.25, 0.3) is 0 Å². The van der Waals surface area contributed by atoms with Crippen molar-refractivity contribution in [3.63, 3.8) is 0 Å². The molecule has 0 saturated heterocycles. The number of imidazole rings is 1. The summed E-state index contributed by atoms with van der Waals surface area (Å²) in [4.78, 5) is 12.2. The maximum Gasteiger partial charge on any atom is 0.178 e. The summed E-state index contributed by atoms with van der Waals surface area (Å²) in [5, 5.41) is 7.88. The van der Waals surface area contributed by atoms with Crippen LogP contribution in [0, 0.1) is 4.77 Å². The number of anilines is 1. The first kappa shape index (κ1) is 19.5. The molecule has 6 nitrogen and oxygen atoms in total. The quantitative estimate of drug-likeness (QED) is 0.290. The van der Waals surface area contributed by atoms with Crippen LogP contribution in [-0.2, 0) is 19.6 Å². The van der Waals surface area contributed by atoms with Crippen LogP contribution < -0.4 is 10.6 Å². The first-order valence-electron chi connectivity index (χ1n) is 10.1. The molecular weight excluding hydrogens is 380 g/mol. The van der Waals surface area contributed by atoms with Gasteiger partial charge in [0.15, 0.2) is 4.77 Å². The summed E-state index contributed by atoms with van der Waals surface area (Å²) in [6, 6.07) is 12.8. The second-order valence-corrected chi connectivity index (χ2v) is 7.52. The van der Waals surface area contributed by atoms with Crippen molar-refractivity contribution in [2.45, 2.75) is 39.9 Å². The predicted molar refractivity (Wildman–Crippen MR) is 122 cm³/mol. The van der Waals surface area contributed by atoms with Gasteiger partial charge in [-0.3, -0.25) is 0 Å². The van der Waals surface area contributed by atoms with Gasteiger partial charge >= 0.3 is 0 Å². The normalized spacial score (nSPS) is 11.4. The molecule has 0 aliphatic rings. The molecule has 0 bridgehead atoms. The number of rotatable bonds is 8. The lowest BCUT2D eigenvalue weighted by Crippen LogP contribution is -2.13. The Morgan fingerprint density at radius 2 is 1.79 bits per heavy atom. The van der Waals surface area contributed by atoms with Crippen LogP contribution in [0.3, 0.4) is 0 Å². The molecular formula is C22H26N6S. The second kappa shape index (κ2) is 8.71. The van der Waals surface area contributed by atoms with E-state index in [1.165, 1.54) is 11.1 Å². The minimum absolute atomic E-state index is 0.707. The average molecular weight is 407 g/mol. The Balaban J connectivity index is 1.55. The Bertz CT molecular complexity index is 1180. The average Bonchev–Trinajstić information content (AvgIpc) is 3.05. The van der Waals surface area contributed by atoms with Crippen LogP contribution in [0.4, 0.5) is 5.82 Å². The van der Waals surface area contributed by atoms with Crippen molar-refractivity contribution in [3.05, 3.63) is 58.6 Å². The fraction of sp³-hybridized carbons (Fsp3) is 0.318. The van der Waals surface area contributed by atoms with E-state index in [1.54, 1.807) is 6.33 Å². The number of hydrogen-bond acceptors (Lipinski definition) is 5. The van der Waals surface area contributed by atoms with Gasteiger partial charge in [-0.1, -0.05) is 31.2 Å². The zero-order valence-corrected chi connectivity index (χ0v) is 17.6. The summed E-state index contributed by atoms with van der Waals surface area (Å²) in [5.41, 5.74) is 5.50. The number of aryl methyl sites for hydroxylation is 1. The van der Waals surface area contributed by atoms with Crippen LogP contribution in [0.5, 0.6) is 0 Å². The first-order valence-corrected chi connectivity index (χ1v) is 10.5. The van der Waals surface area contributed by atoms with Crippen LogP contribution in [0.2, 0.25) is 0 Å². The second-order valence-electron chi connectivity index (χ2n) is 7.13. The molecule has 4 rings (SSSR count). The summed E-state index contributed by atoms with van der Waals surface area (Å²) in [7, 11) is 0. The van der Waals surface area contributed by atoms with E-state index in [0.717, 1.165) is 58.6 Å². The zero-order chi connectivity index (χ0) is 20.2. The smallest absolute Gasteiger partial charge is 0.178 e. The molecule has 7 heteroatoms. The van der Waals surface area contributed by atoms with Crippen LogP contribution >= 0.6 is 12.2 Å². The lowest BCUT2D eigenvalue weighted by atomic mass is 10.1. The maximum absolute atomic E-state index is 5.43. The molecule has 4 aromatic rings. The van der Waals surface area contributed by atoms with Crippen LogP contribution in [0.15, 0.2) is 42.7 Å².